The van der Waals surface area contributed by atoms with Gasteiger partial charge in [0.25, 0.3) is 0 Å². The molecule has 2 N–H and O–H groups in total. The molecule has 0 aromatic carbocycles. The van der Waals surface area contributed by atoms with E-state index in [1.165, 1.54) is 25.7 Å². The number of carboxylic acids is 1. The van der Waals surface area contributed by atoms with Gasteiger partial charge in [0.05, 0.1) is 0 Å². The maximum absolute atomic E-state index is 10.5. The number of carbonyl (C=O) groups is 1. The standard InChI is InChI=1S/C11H23NO2/c1-4-5-6-7-8-9(2)12-10(3)11(13)14/h9-10,12H,4-8H2,1-3H3,(H,13,14). The monoisotopic (exact) mass is 201 g/mol. The van der Waals surface area contributed by atoms with Crippen LogP contribution >= 0.6 is 0 Å². The Balaban J connectivity index is 3.45. The van der Waals surface area contributed by atoms with E-state index in [-0.39, 0.29) is 0 Å². The topological polar surface area (TPSA) is 49.3 Å². The zero-order valence-electron chi connectivity index (χ0n) is 9.55. The van der Waals surface area contributed by atoms with Gasteiger partial charge < -0.3 is 10.4 Å². The molecule has 0 aliphatic rings. The predicted octanol–water partition coefficient (Wildman–Crippen LogP) is 2.41. The van der Waals surface area contributed by atoms with Crippen LogP contribution in [0.15, 0.2) is 0 Å². The second-order valence-corrected chi connectivity index (χ2v) is 3.98. The lowest BCUT2D eigenvalue weighted by Gasteiger charge is -2.16. The molecule has 3 nitrogen and oxygen atoms in total. The van der Waals surface area contributed by atoms with Gasteiger partial charge in [0.15, 0.2) is 0 Å². The number of aliphatic carboxylic acids is 1. The number of rotatable bonds is 8. The van der Waals surface area contributed by atoms with Crippen molar-refractivity contribution >= 4 is 5.97 Å². The second kappa shape index (κ2) is 7.80. The molecule has 84 valence electrons. The second-order valence-electron chi connectivity index (χ2n) is 3.98. The average molecular weight is 201 g/mol. The minimum absolute atomic E-state index is 0.304. The Morgan fingerprint density at radius 2 is 1.93 bits per heavy atom. The summed E-state index contributed by atoms with van der Waals surface area (Å²) < 4.78 is 0. The average Bonchev–Trinajstić information content (AvgIpc) is 2.12. The molecule has 3 heteroatoms. The Bertz CT molecular complexity index is 159. The molecule has 0 bridgehead atoms. The van der Waals surface area contributed by atoms with Crippen molar-refractivity contribution in [3.63, 3.8) is 0 Å². The lowest BCUT2D eigenvalue weighted by atomic mass is 10.1. The van der Waals surface area contributed by atoms with Crippen molar-refractivity contribution in [1.82, 2.24) is 5.32 Å². The molecule has 0 saturated heterocycles. The number of hydrogen-bond acceptors (Lipinski definition) is 2. The van der Waals surface area contributed by atoms with E-state index in [2.05, 4.69) is 12.2 Å². The number of nitrogens with one attached hydrogen (secondary N) is 1. The molecular formula is C11H23NO2. The summed E-state index contributed by atoms with van der Waals surface area (Å²) in [6.45, 7) is 5.92. The van der Waals surface area contributed by atoms with Crippen molar-refractivity contribution in [2.75, 3.05) is 0 Å². The van der Waals surface area contributed by atoms with Crippen molar-refractivity contribution < 1.29 is 9.90 Å². The van der Waals surface area contributed by atoms with Crippen LogP contribution in [0.3, 0.4) is 0 Å². The first kappa shape index (κ1) is 13.4. The Morgan fingerprint density at radius 3 is 2.43 bits per heavy atom. The molecule has 14 heavy (non-hydrogen) atoms. The Kier molecular flexibility index (Phi) is 7.48. The minimum Gasteiger partial charge on any atom is -0.480 e. The zero-order valence-corrected chi connectivity index (χ0v) is 9.55. The van der Waals surface area contributed by atoms with E-state index in [4.69, 9.17) is 5.11 Å². The lowest BCUT2D eigenvalue weighted by molar-refractivity contribution is -0.139. The largest absolute Gasteiger partial charge is 0.480 e. The van der Waals surface area contributed by atoms with Crippen LogP contribution in [0.1, 0.15) is 52.9 Å². The third-order valence-electron chi connectivity index (χ3n) is 2.40. The molecule has 0 aliphatic heterocycles. The van der Waals surface area contributed by atoms with E-state index in [1.807, 2.05) is 6.92 Å². The minimum atomic E-state index is -0.773. The third kappa shape index (κ3) is 6.89. The van der Waals surface area contributed by atoms with Crippen LogP contribution in [0.2, 0.25) is 0 Å². The molecule has 0 aromatic heterocycles. The van der Waals surface area contributed by atoms with Crippen LogP contribution < -0.4 is 5.32 Å². The Labute approximate surface area is 86.9 Å². The molecule has 0 rings (SSSR count). The van der Waals surface area contributed by atoms with Crippen LogP contribution in [-0.2, 0) is 4.79 Å². The summed E-state index contributed by atoms with van der Waals surface area (Å²) in [6, 6.07) is -0.130. The lowest BCUT2D eigenvalue weighted by Crippen LogP contribution is -2.39. The van der Waals surface area contributed by atoms with Gasteiger partial charge >= 0.3 is 5.97 Å². The molecule has 2 unspecified atom stereocenters. The summed E-state index contributed by atoms with van der Waals surface area (Å²) >= 11 is 0. The smallest absolute Gasteiger partial charge is 0.320 e. The summed E-state index contributed by atoms with van der Waals surface area (Å²) in [6.07, 6.45) is 6.03. The number of unbranched alkanes of at least 4 members (excludes halogenated alkanes) is 3. The van der Waals surface area contributed by atoms with E-state index in [0.29, 0.717) is 6.04 Å². The molecule has 2 atom stereocenters. The first-order valence-electron chi connectivity index (χ1n) is 5.56. The van der Waals surface area contributed by atoms with Crippen molar-refractivity contribution in [2.45, 2.75) is 65.0 Å². The summed E-state index contributed by atoms with van der Waals surface area (Å²) in [5.74, 6) is -0.773. The fourth-order valence-electron chi connectivity index (χ4n) is 1.46. The highest BCUT2D eigenvalue weighted by Gasteiger charge is 2.12. The summed E-state index contributed by atoms with van der Waals surface area (Å²) in [7, 11) is 0. The van der Waals surface area contributed by atoms with Crippen LogP contribution in [0.4, 0.5) is 0 Å². The molecule has 0 aliphatic carbocycles. The molecule has 0 fully saturated rings. The summed E-state index contributed by atoms with van der Waals surface area (Å²) in [4.78, 5) is 10.5. The van der Waals surface area contributed by atoms with Gasteiger partial charge in [-0.1, -0.05) is 32.6 Å². The fourth-order valence-corrected chi connectivity index (χ4v) is 1.46. The molecule has 0 heterocycles. The molecule has 0 radical (unpaired) electrons. The number of hydrogen-bond donors (Lipinski definition) is 2. The quantitative estimate of drug-likeness (QED) is 0.593. The van der Waals surface area contributed by atoms with Gasteiger partial charge in [-0.25, -0.2) is 0 Å². The van der Waals surface area contributed by atoms with E-state index in [0.717, 1.165) is 6.42 Å². The van der Waals surface area contributed by atoms with Gasteiger partial charge in [-0.2, -0.15) is 0 Å². The van der Waals surface area contributed by atoms with Gasteiger partial charge in [0.2, 0.25) is 0 Å². The Hall–Kier alpha value is -0.570. The highest BCUT2D eigenvalue weighted by atomic mass is 16.4. The fraction of sp³-hybridized carbons (Fsp3) is 0.909. The normalized spacial score (nSPS) is 15.1. The molecule has 0 aromatic rings. The van der Waals surface area contributed by atoms with Crippen LogP contribution in [-0.4, -0.2) is 23.2 Å². The van der Waals surface area contributed by atoms with E-state index in [1.54, 1.807) is 6.92 Å². The SMILES string of the molecule is CCCCCCC(C)NC(C)C(=O)O. The highest BCUT2D eigenvalue weighted by Crippen LogP contribution is 2.05. The predicted molar refractivity (Wildman–Crippen MR) is 58.5 cm³/mol. The van der Waals surface area contributed by atoms with E-state index >= 15 is 0 Å². The van der Waals surface area contributed by atoms with Crippen molar-refractivity contribution in [3.05, 3.63) is 0 Å². The van der Waals surface area contributed by atoms with Gasteiger partial charge in [-0.3, -0.25) is 4.79 Å². The van der Waals surface area contributed by atoms with Crippen molar-refractivity contribution in [1.29, 1.82) is 0 Å². The molecule has 0 spiro atoms. The maximum atomic E-state index is 10.5. The van der Waals surface area contributed by atoms with Crippen molar-refractivity contribution in [3.8, 4) is 0 Å². The molecule has 0 amide bonds. The van der Waals surface area contributed by atoms with Gasteiger partial charge in [-0.05, 0) is 20.3 Å². The first-order chi connectivity index (χ1) is 6.57. The first-order valence-corrected chi connectivity index (χ1v) is 5.56. The highest BCUT2D eigenvalue weighted by molar-refractivity contribution is 5.72. The molecule has 0 saturated carbocycles. The third-order valence-corrected chi connectivity index (χ3v) is 2.40. The Morgan fingerprint density at radius 1 is 1.29 bits per heavy atom. The van der Waals surface area contributed by atoms with Crippen LogP contribution in [0.5, 0.6) is 0 Å². The zero-order chi connectivity index (χ0) is 11.0. The summed E-state index contributed by atoms with van der Waals surface area (Å²) in [5.41, 5.74) is 0. The van der Waals surface area contributed by atoms with Crippen LogP contribution in [0.25, 0.3) is 0 Å². The van der Waals surface area contributed by atoms with Gasteiger partial charge in [0.1, 0.15) is 6.04 Å². The van der Waals surface area contributed by atoms with Crippen LogP contribution in [0, 0.1) is 0 Å². The van der Waals surface area contributed by atoms with Crippen molar-refractivity contribution in [2.24, 2.45) is 0 Å². The molecular weight excluding hydrogens is 178 g/mol. The van der Waals surface area contributed by atoms with Gasteiger partial charge in [0, 0.05) is 6.04 Å². The van der Waals surface area contributed by atoms with E-state index in [9.17, 15) is 4.79 Å². The maximum Gasteiger partial charge on any atom is 0.320 e. The van der Waals surface area contributed by atoms with Gasteiger partial charge in [-0.15, -0.1) is 0 Å². The summed E-state index contributed by atoms with van der Waals surface area (Å²) in [5, 5.41) is 11.7. The van der Waals surface area contributed by atoms with E-state index < -0.39 is 12.0 Å². The number of carboxylic acid groups (broad SMARTS) is 1.